The second-order valence-corrected chi connectivity index (χ2v) is 4.72. The first-order chi connectivity index (χ1) is 10.0. The summed E-state index contributed by atoms with van der Waals surface area (Å²) in [4.78, 5) is 23.8. The van der Waals surface area contributed by atoms with E-state index in [0.717, 1.165) is 0 Å². The molecule has 0 unspecified atom stereocenters. The number of rotatable bonds is 4. The smallest absolute Gasteiger partial charge is 0.343 e. The lowest BCUT2D eigenvalue weighted by Gasteiger charge is -2.11. The maximum absolute atomic E-state index is 12.1. The van der Waals surface area contributed by atoms with Crippen LogP contribution in [0.4, 0.5) is 0 Å². The number of methoxy groups -OCH3 is 1. The first-order valence-corrected chi connectivity index (χ1v) is 6.56. The van der Waals surface area contributed by atoms with Gasteiger partial charge >= 0.3 is 5.97 Å². The number of halogens is 1. The Hall–Kier alpha value is -2.33. The van der Waals surface area contributed by atoms with Crippen LogP contribution in [0.1, 0.15) is 27.6 Å². The van der Waals surface area contributed by atoms with Gasteiger partial charge in [-0.2, -0.15) is 0 Å². The number of ketones is 1. The van der Waals surface area contributed by atoms with E-state index in [0.29, 0.717) is 16.3 Å². The number of carbonyl (C=O) groups excluding carboxylic acids is 2. The minimum absolute atomic E-state index is 0.168. The van der Waals surface area contributed by atoms with E-state index in [1.54, 1.807) is 42.5 Å². The molecule has 0 aliphatic heterocycles. The van der Waals surface area contributed by atoms with Crippen molar-refractivity contribution < 1.29 is 19.1 Å². The predicted octanol–water partition coefficient (Wildman–Crippen LogP) is 3.77. The number of hydrogen-bond acceptors (Lipinski definition) is 4. The average Bonchev–Trinajstić information content (AvgIpc) is 2.47. The number of Topliss-reactive ketones (excluding diaryl/α,β-unsaturated/α-hetero) is 1. The molecule has 0 saturated heterocycles. The third-order valence-corrected chi connectivity index (χ3v) is 3.09. The fourth-order valence-corrected chi connectivity index (χ4v) is 1.98. The highest BCUT2D eigenvalue weighted by Crippen LogP contribution is 2.29. The van der Waals surface area contributed by atoms with Gasteiger partial charge in [0.1, 0.15) is 17.1 Å². The van der Waals surface area contributed by atoms with Crippen molar-refractivity contribution in [2.75, 3.05) is 7.11 Å². The minimum Gasteiger partial charge on any atom is -0.496 e. The van der Waals surface area contributed by atoms with Crippen LogP contribution in [0.3, 0.4) is 0 Å². The van der Waals surface area contributed by atoms with Crippen LogP contribution in [0, 0.1) is 0 Å². The van der Waals surface area contributed by atoms with E-state index < -0.39 is 5.97 Å². The van der Waals surface area contributed by atoms with E-state index in [-0.39, 0.29) is 17.1 Å². The quantitative estimate of drug-likeness (QED) is 0.490. The summed E-state index contributed by atoms with van der Waals surface area (Å²) in [5.74, 6) is -0.278. The summed E-state index contributed by atoms with van der Waals surface area (Å²) in [5.41, 5.74) is 0.582. The second kappa shape index (κ2) is 6.41. The van der Waals surface area contributed by atoms with E-state index in [1.807, 2.05) is 0 Å². The van der Waals surface area contributed by atoms with Gasteiger partial charge in [-0.25, -0.2) is 4.79 Å². The second-order valence-electron chi connectivity index (χ2n) is 4.29. The first-order valence-electron chi connectivity index (χ1n) is 6.18. The molecule has 2 aromatic rings. The Kier molecular flexibility index (Phi) is 4.60. The van der Waals surface area contributed by atoms with Crippen LogP contribution in [0.15, 0.2) is 42.5 Å². The van der Waals surface area contributed by atoms with Gasteiger partial charge in [0.2, 0.25) is 0 Å². The van der Waals surface area contributed by atoms with Crippen molar-refractivity contribution in [2.45, 2.75) is 6.92 Å². The van der Waals surface area contributed by atoms with E-state index in [4.69, 9.17) is 21.1 Å². The molecule has 2 rings (SSSR count). The molecule has 0 radical (unpaired) electrons. The molecule has 0 bridgehead atoms. The Morgan fingerprint density at radius 3 is 2.19 bits per heavy atom. The third kappa shape index (κ3) is 3.41. The number of benzene rings is 2. The van der Waals surface area contributed by atoms with Gasteiger partial charge in [-0.05, 0) is 43.3 Å². The molecule has 0 saturated carbocycles. The molecule has 0 fully saturated rings. The van der Waals surface area contributed by atoms with Crippen molar-refractivity contribution in [3.8, 4) is 11.5 Å². The number of carbonyl (C=O) groups is 2. The van der Waals surface area contributed by atoms with Crippen molar-refractivity contribution in [3.05, 3.63) is 58.6 Å². The molecule has 0 spiro atoms. The number of esters is 1. The highest BCUT2D eigenvalue weighted by molar-refractivity contribution is 6.30. The summed E-state index contributed by atoms with van der Waals surface area (Å²) < 4.78 is 10.4. The van der Waals surface area contributed by atoms with Crippen LogP contribution < -0.4 is 9.47 Å². The van der Waals surface area contributed by atoms with Crippen molar-refractivity contribution in [1.29, 1.82) is 0 Å². The fraction of sp³-hybridized carbons (Fsp3) is 0.125. The molecule has 0 aliphatic carbocycles. The molecule has 0 aromatic heterocycles. The van der Waals surface area contributed by atoms with E-state index in [1.165, 1.54) is 14.0 Å². The highest BCUT2D eigenvalue weighted by Gasteiger charge is 2.18. The number of hydrogen-bond donors (Lipinski definition) is 0. The lowest BCUT2D eigenvalue weighted by atomic mass is 10.1. The molecule has 0 aliphatic rings. The molecule has 0 heterocycles. The normalized spacial score (nSPS) is 10.0. The SMILES string of the molecule is COc1cccc(OC(=O)c2ccc(Cl)cc2)c1C(C)=O. The lowest BCUT2D eigenvalue weighted by molar-refractivity contribution is 0.0732. The summed E-state index contributed by atoms with van der Waals surface area (Å²) in [6.07, 6.45) is 0. The monoisotopic (exact) mass is 304 g/mol. The maximum atomic E-state index is 12.1. The van der Waals surface area contributed by atoms with Crippen molar-refractivity contribution in [1.82, 2.24) is 0 Å². The molecule has 5 heteroatoms. The van der Waals surface area contributed by atoms with Crippen LogP contribution in [0.2, 0.25) is 5.02 Å². The predicted molar refractivity (Wildman–Crippen MR) is 79.4 cm³/mol. The van der Waals surface area contributed by atoms with Gasteiger partial charge < -0.3 is 9.47 Å². The van der Waals surface area contributed by atoms with Gasteiger partial charge in [0.15, 0.2) is 5.78 Å². The first kappa shape index (κ1) is 15.1. The van der Waals surface area contributed by atoms with Gasteiger partial charge in [0, 0.05) is 5.02 Å². The van der Waals surface area contributed by atoms with Gasteiger partial charge in [-0.3, -0.25) is 4.79 Å². The standard InChI is InChI=1S/C16H13ClO4/c1-10(18)15-13(20-2)4-3-5-14(15)21-16(19)11-6-8-12(17)9-7-11/h3-9H,1-2H3. The molecule has 0 N–H and O–H groups in total. The molecule has 4 nitrogen and oxygen atoms in total. The summed E-state index contributed by atoms with van der Waals surface area (Å²) >= 11 is 5.77. The van der Waals surface area contributed by atoms with Crippen molar-refractivity contribution in [2.24, 2.45) is 0 Å². The van der Waals surface area contributed by atoms with Crippen LogP contribution in [0.25, 0.3) is 0 Å². The molecule has 108 valence electrons. The summed E-state index contributed by atoms with van der Waals surface area (Å²) in [6, 6.07) is 11.1. The Bertz CT molecular complexity index is 677. The van der Waals surface area contributed by atoms with Gasteiger partial charge in [0.25, 0.3) is 0 Å². The highest BCUT2D eigenvalue weighted by atomic mass is 35.5. The Morgan fingerprint density at radius 2 is 1.62 bits per heavy atom. The zero-order chi connectivity index (χ0) is 15.4. The summed E-state index contributed by atoms with van der Waals surface area (Å²) in [6.45, 7) is 1.39. The maximum Gasteiger partial charge on any atom is 0.343 e. The van der Waals surface area contributed by atoms with Crippen molar-refractivity contribution in [3.63, 3.8) is 0 Å². The fourth-order valence-electron chi connectivity index (χ4n) is 1.86. The Morgan fingerprint density at radius 1 is 1.00 bits per heavy atom. The van der Waals surface area contributed by atoms with E-state index in [2.05, 4.69) is 0 Å². The molecule has 21 heavy (non-hydrogen) atoms. The molecular formula is C16H13ClO4. The minimum atomic E-state index is -0.567. The molecule has 0 atom stereocenters. The van der Waals surface area contributed by atoms with E-state index in [9.17, 15) is 9.59 Å². The summed E-state index contributed by atoms with van der Waals surface area (Å²) in [7, 11) is 1.45. The topological polar surface area (TPSA) is 52.6 Å². The largest absolute Gasteiger partial charge is 0.496 e. The summed E-state index contributed by atoms with van der Waals surface area (Å²) in [5, 5.41) is 0.525. The molecule has 2 aromatic carbocycles. The number of ether oxygens (including phenoxy) is 2. The zero-order valence-electron chi connectivity index (χ0n) is 11.6. The van der Waals surface area contributed by atoms with Gasteiger partial charge in [-0.15, -0.1) is 0 Å². The van der Waals surface area contributed by atoms with Crippen LogP contribution in [0.5, 0.6) is 11.5 Å². The van der Waals surface area contributed by atoms with Gasteiger partial charge in [0.05, 0.1) is 12.7 Å². The van der Waals surface area contributed by atoms with Crippen LogP contribution >= 0.6 is 11.6 Å². The molecule has 0 amide bonds. The molecular weight excluding hydrogens is 292 g/mol. The van der Waals surface area contributed by atoms with Gasteiger partial charge in [-0.1, -0.05) is 17.7 Å². The van der Waals surface area contributed by atoms with Crippen LogP contribution in [-0.2, 0) is 0 Å². The Labute approximate surface area is 127 Å². The zero-order valence-corrected chi connectivity index (χ0v) is 12.3. The average molecular weight is 305 g/mol. The third-order valence-electron chi connectivity index (χ3n) is 2.84. The lowest BCUT2D eigenvalue weighted by Crippen LogP contribution is -2.11. The van der Waals surface area contributed by atoms with Crippen LogP contribution in [-0.4, -0.2) is 18.9 Å². The Balaban J connectivity index is 2.33. The van der Waals surface area contributed by atoms with Crippen molar-refractivity contribution >= 4 is 23.4 Å². The van der Waals surface area contributed by atoms with E-state index >= 15 is 0 Å².